The van der Waals surface area contributed by atoms with Crippen LogP contribution in [0.25, 0.3) is 0 Å². The number of rotatable bonds is 5. The van der Waals surface area contributed by atoms with E-state index in [4.69, 9.17) is 5.11 Å². The van der Waals surface area contributed by atoms with Gasteiger partial charge in [0.25, 0.3) is 0 Å². The van der Waals surface area contributed by atoms with Gasteiger partial charge in [-0.3, -0.25) is 4.99 Å². The van der Waals surface area contributed by atoms with Crippen molar-refractivity contribution in [3.05, 3.63) is 29.3 Å². The van der Waals surface area contributed by atoms with Gasteiger partial charge in [0.05, 0.1) is 0 Å². The van der Waals surface area contributed by atoms with Gasteiger partial charge in [-0.15, -0.1) is 5.75 Å². The van der Waals surface area contributed by atoms with Crippen LogP contribution in [0.5, 0.6) is 5.75 Å². The van der Waals surface area contributed by atoms with Crippen LogP contribution in [0.3, 0.4) is 0 Å². The maximum atomic E-state index is 11.5. The minimum absolute atomic E-state index is 0. The molecule has 1 aromatic carbocycles. The van der Waals surface area contributed by atoms with Crippen molar-refractivity contribution >= 4 is 12.2 Å². The molecule has 92 valence electrons. The molecule has 1 N–H and O–H groups in total. The van der Waals surface area contributed by atoms with E-state index in [0.717, 1.165) is 18.4 Å². The number of benzene rings is 1. The molecule has 1 atom stereocenters. The SMILES string of the molecule is CCCc1ccc([O-])c(C=NC(C)C(=O)O)c1.[Na+]. The molecule has 0 saturated carbocycles. The van der Waals surface area contributed by atoms with Gasteiger partial charge in [-0.05, 0) is 24.5 Å². The fraction of sp³-hybridized carbons (Fsp3) is 0.385. The summed E-state index contributed by atoms with van der Waals surface area (Å²) < 4.78 is 0. The number of aryl methyl sites for hydroxylation is 1. The monoisotopic (exact) mass is 257 g/mol. The Morgan fingerprint density at radius 3 is 2.78 bits per heavy atom. The molecule has 0 aliphatic rings. The van der Waals surface area contributed by atoms with Crippen LogP contribution in [0.1, 0.15) is 31.4 Å². The van der Waals surface area contributed by atoms with Crippen LogP contribution in [0.4, 0.5) is 0 Å². The second-order valence-electron chi connectivity index (χ2n) is 3.91. The standard InChI is InChI=1S/C13H17NO3.Na/c1-3-4-10-5-6-12(15)11(7-10)8-14-9(2)13(16)17;/h5-9,15H,3-4H2,1-2H3,(H,16,17);/q;+1/p-1. The molecule has 0 saturated heterocycles. The van der Waals surface area contributed by atoms with Crippen molar-refractivity contribution in [2.75, 3.05) is 0 Å². The van der Waals surface area contributed by atoms with Crippen LogP contribution < -0.4 is 34.7 Å². The van der Waals surface area contributed by atoms with Crippen LogP contribution >= 0.6 is 0 Å². The molecule has 4 nitrogen and oxygen atoms in total. The van der Waals surface area contributed by atoms with E-state index >= 15 is 0 Å². The second kappa shape index (κ2) is 8.29. The number of nitrogens with zero attached hydrogens (tertiary/aromatic N) is 1. The molecule has 0 aliphatic heterocycles. The molecule has 0 spiro atoms. The van der Waals surface area contributed by atoms with Crippen LogP contribution in [0.15, 0.2) is 23.2 Å². The van der Waals surface area contributed by atoms with Gasteiger partial charge in [0.15, 0.2) is 0 Å². The Kier molecular flexibility index (Phi) is 7.91. The molecule has 0 aromatic heterocycles. The van der Waals surface area contributed by atoms with Crippen molar-refractivity contribution in [3.8, 4) is 5.75 Å². The fourth-order valence-electron chi connectivity index (χ4n) is 1.40. The Hall–Kier alpha value is -0.840. The van der Waals surface area contributed by atoms with Gasteiger partial charge in [0, 0.05) is 6.21 Å². The summed E-state index contributed by atoms with van der Waals surface area (Å²) in [5, 5.41) is 20.2. The average molecular weight is 257 g/mol. The Morgan fingerprint density at radius 2 is 2.22 bits per heavy atom. The predicted octanol–water partition coefficient (Wildman–Crippen LogP) is -1.39. The van der Waals surface area contributed by atoms with E-state index in [0.29, 0.717) is 5.56 Å². The van der Waals surface area contributed by atoms with Gasteiger partial charge < -0.3 is 10.2 Å². The molecule has 0 amide bonds. The summed E-state index contributed by atoms with van der Waals surface area (Å²) in [6, 6.07) is 4.23. The fourth-order valence-corrected chi connectivity index (χ4v) is 1.40. The maximum absolute atomic E-state index is 11.5. The zero-order valence-corrected chi connectivity index (χ0v) is 13.0. The molecular weight excluding hydrogens is 241 g/mol. The number of aliphatic carboxylic acids is 1. The quantitative estimate of drug-likeness (QED) is 0.521. The minimum atomic E-state index is -1.00. The number of hydrogen-bond donors (Lipinski definition) is 1. The van der Waals surface area contributed by atoms with Crippen molar-refractivity contribution in [3.63, 3.8) is 0 Å². The van der Waals surface area contributed by atoms with E-state index in [1.165, 1.54) is 19.2 Å². The molecule has 5 heteroatoms. The number of carboxylic acid groups (broad SMARTS) is 1. The number of hydrogen-bond acceptors (Lipinski definition) is 3. The Morgan fingerprint density at radius 1 is 1.56 bits per heavy atom. The molecular formula is C13H16NNaO3. The number of aliphatic imine (C=N–C) groups is 1. The third-order valence-corrected chi connectivity index (χ3v) is 2.41. The largest absolute Gasteiger partial charge is 1.00 e. The van der Waals surface area contributed by atoms with E-state index in [9.17, 15) is 9.90 Å². The molecule has 0 aliphatic carbocycles. The van der Waals surface area contributed by atoms with E-state index in [-0.39, 0.29) is 35.3 Å². The maximum Gasteiger partial charge on any atom is 1.00 e. The van der Waals surface area contributed by atoms with Crippen molar-refractivity contribution in [1.29, 1.82) is 0 Å². The molecule has 0 radical (unpaired) electrons. The van der Waals surface area contributed by atoms with E-state index in [1.807, 2.05) is 0 Å². The van der Waals surface area contributed by atoms with Crippen LogP contribution in [0.2, 0.25) is 0 Å². The van der Waals surface area contributed by atoms with E-state index < -0.39 is 12.0 Å². The van der Waals surface area contributed by atoms with Gasteiger partial charge in [-0.1, -0.05) is 31.5 Å². The summed E-state index contributed by atoms with van der Waals surface area (Å²) in [4.78, 5) is 14.4. The van der Waals surface area contributed by atoms with Crippen LogP contribution in [-0.4, -0.2) is 23.3 Å². The zero-order valence-electron chi connectivity index (χ0n) is 11.0. The van der Waals surface area contributed by atoms with Crippen LogP contribution in [-0.2, 0) is 11.2 Å². The topological polar surface area (TPSA) is 72.7 Å². The van der Waals surface area contributed by atoms with Crippen molar-refractivity contribution in [1.82, 2.24) is 0 Å². The Balaban J connectivity index is 0.00000289. The molecule has 1 unspecified atom stereocenters. The van der Waals surface area contributed by atoms with Gasteiger partial charge >= 0.3 is 35.5 Å². The smallest absolute Gasteiger partial charge is 0.872 e. The van der Waals surface area contributed by atoms with Crippen molar-refractivity contribution < 1.29 is 44.6 Å². The third kappa shape index (κ3) is 5.21. The van der Waals surface area contributed by atoms with Crippen molar-refractivity contribution in [2.45, 2.75) is 32.7 Å². The molecule has 0 fully saturated rings. The van der Waals surface area contributed by atoms with E-state index in [1.54, 1.807) is 12.1 Å². The zero-order chi connectivity index (χ0) is 12.8. The number of carboxylic acids is 1. The Labute approximate surface area is 129 Å². The van der Waals surface area contributed by atoms with Crippen LogP contribution in [0, 0.1) is 0 Å². The third-order valence-electron chi connectivity index (χ3n) is 2.41. The summed E-state index contributed by atoms with van der Waals surface area (Å²) in [5.74, 6) is -1.13. The van der Waals surface area contributed by atoms with Gasteiger partial charge in [-0.25, -0.2) is 4.79 Å². The first-order valence-electron chi connectivity index (χ1n) is 5.60. The summed E-state index contributed by atoms with van der Waals surface area (Å²) in [6.07, 6.45) is 3.25. The van der Waals surface area contributed by atoms with Gasteiger partial charge in [0.2, 0.25) is 0 Å². The molecule has 1 rings (SSSR count). The predicted molar refractivity (Wildman–Crippen MR) is 64.6 cm³/mol. The normalized spacial score (nSPS) is 12.1. The first-order valence-corrected chi connectivity index (χ1v) is 5.60. The first-order chi connectivity index (χ1) is 8.04. The summed E-state index contributed by atoms with van der Waals surface area (Å²) in [6.45, 7) is 3.53. The molecule has 0 heterocycles. The molecule has 1 aromatic rings. The molecule has 0 bridgehead atoms. The van der Waals surface area contributed by atoms with Gasteiger partial charge in [0.1, 0.15) is 6.04 Å². The molecule has 18 heavy (non-hydrogen) atoms. The second-order valence-corrected chi connectivity index (χ2v) is 3.91. The average Bonchev–Trinajstić information content (AvgIpc) is 2.29. The summed E-state index contributed by atoms with van der Waals surface area (Å²) in [5.41, 5.74) is 1.51. The van der Waals surface area contributed by atoms with Gasteiger partial charge in [-0.2, -0.15) is 0 Å². The minimum Gasteiger partial charge on any atom is -0.872 e. The summed E-state index contributed by atoms with van der Waals surface area (Å²) in [7, 11) is 0. The Bertz CT molecular complexity index is 432. The first kappa shape index (κ1) is 17.2. The summed E-state index contributed by atoms with van der Waals surface area (Å²) >= 11 is 0. The van der Waals surface area contributed by atoms with Crippen molar-refractivity contribution in [2.24, 2.45) is 4.99 Å². The van der Waals surface area contributed by atoms with E-state index in [2.05, 4.69) is 11.9 Å². The number of carbonyl (C=O) groups is 1.